The van der Waals surface area contributed by atoms with Gasteiger partial charge in [-0.2, -0.15) is 0 Å². The number of hydrogen-bond acceptors (Lipinski definition) is 5. The predicted molar refractivity (Wildman–Crippen MR) is 114 cm³/mol. The fraction of sp³-hybridized carbons (Fsp3) is 0.409. The molecule has 0 spiro atoms. The highest BCUT2D eigenvalue weighted by Gasteiger charge is 2.22. The van der Waals surface area contributed by atoms with E-state index in [0.717, 1.165) is 24.0 Å². The molecule has 3 rings (SSSR count). The van der Waals surface area contributed by atoms with Gasteiger partial charge in [0.1, 0.15) is 5.75 Å². The first-order valence-electron chi connectivity index (χ1n) is 9.90. The van der Waals surface area contributed by atoms with Crippen molar-refractivity contribution in [3.05, 3.63) is 59.2 Å². The summed E-state index contributed by atoms with van der Waals surface area (Å²) < 4.78 is 38.7. The normalized spacial score (nSPS) is 16.4. The van der Waals surface area contributed by atoms with Crippen LogP contribution in [-0.2, 0) is 21.3 Å². The maximum absolute atomic E-state index is 12.9. The summed E-state index contributed by atoms with van der Waals surface area (Å²) in [5.41, 5.74) is 2.26. The van der Waals surface area contributed by atoms with Crippen molar-refractivity contribution in [2.45, 2.75) is 37.3 Å². The van der Waals surface area contributed by atoms with Crippen molar-refractivity contribution in [2.75, 3.05) is 27.3 Å². The summed E-state index contributed by atoms with van der Waals surface area (Å²) in [7, 11) is -0.453. The average molecular weight is 433 g/mol. The van der Waals surface area contributed by atoms with Gasteiger partial charge in [0.25, 0.3) is 5.91 Å². The third-order valence-corrected chi connectivity index (χ3v) is 6.53. The molecule has 1 unspecified atom stereocenters. The second kappa shape index (κ2) is 9.59. The number of carbonyl (C=O) groups is 1. The summed E-state index contributed by atoms with van der Waals surface area (Å²) >= 11 is 0. The number of sulfonamides is 1. The lowest BCUT2D eigenvalue weighted by Gasteiger charge is -2.20. The molecule has 0 bridgehead atoms. The number of methoxy groups -OCH3 is 1. The van der Waals surface area contributed by atoms with Crippen LogP contribution in [0.4, 0.5) is 0 Å². The van der Waals surface area contributed by atoms with E-state index in [1.807, 2.05) is 25.1 Å². The van der Waals surface area contributed by atoms with Gasteiger partial charge in [-0.05, 0) is 44.0 Å². The summed E-state index contributed by atoms with van der Waals surface area (Å²) in [5.74, 6) is 0.435. The molecule has 7 nitrogen and oxygen atoms in total. The average Bonchev–Trinajstić information content (AvgIpc) is 3.26. The Bertz CT molecular complexity index is 1000. The van der Waals surface area contributed by atoms with Gasteiger partial charge >= 0.3 is 0 Å². The lowest BCUT2D eigenvalue weighted by atomic mass is 10.1. The summed E-state index contributed by atoms with van der Waals surface area (Å²) in [5, 5.41) is 0. The number of nitrogens with one attached hydrogen (secondary N) is 1. The molecule has 1 aliphatic rings. The quantitative estimate of drug-likeness (QED) is 0.693. The molecular weight excluding hydrogens is 404 g/mol. The van der Waals surface area contributed by atoms with Crippen LogP contribution >= 0.6 is 0 Å². The van der Waals surface area contributed by atoms with Crippen LogP contribution < -0.4 is 9.46 Å². The van der Waals surface area contributed by atoms with Crippen LogP contribution in [0.25, 0.3) is 0 Å². The fourth-order valence-corrected chi connectivity index (χ4v) is 4.58. The van der Waals surface area contributed by atoms with Crippen molar-refractivity contribution in [3.63, 3.8) is 0 Å². The van der Waals surface area contributed by atoms with E-state index in [-0.39, 0.29) is 23.5 Å². The molecule has 1 N–H and O–H groups in total. The van der Waals surface area contributed by atoms with Crippen LogP contribution in [0.2, 0.25) is 0 Å². The van der Waals surface area contributed by atoms with Crippen molar-refractivity contribution in [2.24, 2.45) is 0 Å². The van der Waals surface area contributed by atoms with Gasteiger partial charge in [-0.15, -0.1) is 0 Å². The zero-order valence-corrected chi connectivity index (χ0v) is 18.4. The number of ether oxygens (including phenoxy) is 2. The molecule has 2 aromatic carbocycles. The Morgan fingerprint density at radius 3 is 2.77 bits per heavy atom. The number of amides is 1. The van der Waals surface area contributed by atoms with Crippen LogP contribution in [0.3, 0.4) is 0 Å². The van der Waals surface area contributed by atoms with Gasteiger partial charge in [0.2, 0.25) is 10.0 Å². The molecule has 1 fully saturated rings. The van der Waals surface area contributed by atoms with E-state index in [9.17, 15) is 13.2 Å². The van der Waals surface area contributed by atoms with Crippen LogP contribution in [0.5, 0.6) is 5.75 Å². The second-order valence-corrected chi connectivity index (χ2v) is 9.26. The topological polar surface area (TPSA) is 84.9 Å². The molecule has 30 heavy (non-hydrogen) atoms. The summed E-state index contributed by atoms with van der Waals surface area (Å²) in [6, 6.07) is 11.9. The van der Waals surface area contributed by atoms with E-state index in [0.29, 0.717) is 24.5 Å². The number of nitrogens with zero attached hydrogens (tertiary/aromatic N) is 1. The van der Waals surface area contributed by atoms with Crippen LogP contribution in [-0.4, -0.2) is 52.6 Å². The standard InChI is InChI=1S/C22H28N2O5S/c1-16-9-10-21(28-3)18(12-16)15-24(2)22(25)17-6-4-8-20(13-17)30(26,27)23-14-19-7-5-11-29-19/h4,6,8-10,12-13,19,23H,5,7,11,14-15H2,1-3H3. The predicted octanol–water partition coefficient (Wildman–Crippen LogP) is 2.73. The Kier molecular flexibility index (Phi) is 7.12. The number of benzene rings is 2. The number of rotatable bonds is 8. The van der Waals surface area contributed by atoms with Gasteiger partial charge in [0.15, 0.2) is 0 Å². The van der Waals surface area contributed by atoms with Crippen molar-refractivity contribution in [3.8, 4) is 5.75 Å². The monoisotopic (exact) mass is 432 g/mol. The molecule has 8 heteroatoms. The largest absolute Gasteiger partial charge is 0.496 e. The first-order valence-corrected chi connectivity index (χ1v) is 11.4. The van der Waals surface area contributed by atoms with Crippen molar-refractivity contribution in [1.29, 1.82) is 0 Å². The molecule has 0 saturated carbocycles. The van der Waals surface area contributed by atoms with Crippen molar-refractivity contribution in [1.82, 2.24) is 9.62 Å². The molecule has 1 heterocycles. The first-order chi connectivity index (χ1) is 14.3. The van der Waals surface area contributed by atoms with Gasteiger partial charge < -0.3 is 14.4 Å². The number of carbonyl (C=O) groups excluding carboxylic acids is 1. The lowest BCUT2D eigenvalue weighted by molar-refractivity contribution is 0.0784. The SMILES string of the molecule is COc1ccc(C)cc1CN(C)C(=O)c1cccc(S(=O)(=O)NCC2CCCO2)c1. The maximum atomic E-state index is 12.9. The molecule has 2 aromatic rings. The van der Waals surface area contributed by atoms with E-state index in [1.54, 1.807) is 31.2 Å². The minimum Gasteiger partial charge on any atom is -0.496 e. The molecule has 1 aliphatic heterocycles. The first kappa shape index (κ1) is 22.3. The zero-order valence-electron chi connectivity index (χ0n) is 17.6. The molecule has 1 atom stereocenters. The Hall–Kier alpha value is -2.42. The molecule has 0 aromatic heterocycles. The van der Waals surface area contributed by atoms with Gasteiger partial charge in [-0.25, -0.2) is 13.1 Å². The van der Waals surface area contributed by atoms with Gasteiger partial charge in [-0.3, -0.25) is 4.79 Å². The summed E-state index contributed by atoms with van der Waals surface area (Å²) in [6.07, 6.45) is 1.68. The van der Waals surface area contributed by atoms with E-state index in [2.05, 4.69) is 4.72 Å². The second-order valence-electron chi connectivity index (χ2n) is 7.49. The Morgan fingerprint density at radius 2 is 2.07 bits per heavy atom. The molecule has 1 amide bonds. The van der Waals surface area contributed by atoms with Crippen LogP contribution in [0.1, 0.15) is 34.3 Å². The number of aryl methyl sites for hydroxylation is 1. The van der Waals surface area contributed by atoms with Crippen LogP contribution in [0, 0.1) is 6.92 Å². The molecular formula is C22H28N2O5S. The maximum Gasteiger partial charge on any atom is 0.253 e. The van der Waals surface area contributed by atoms with Gasteiger partial charge in [0.05, 0.1) is 18.1 Å². The van der Waals surface area contributed by atoms with E-state index in [4.69, 9.17) is 9.47 Å². The minimum absolute atomic E-state index is 0.0629. The molecule has 0 aliphatic carbocycles. The van der Waals surface area contributed by atoms with E-state index < -0.39 is 10.0 Å². The Labute approximate surface area is 178 Å². The highest BCUT2D eigenvalue weighted by molar-refractivity contribution is 7.89. The fourth-order valence-electron chi connectivity index (χ4n) is 3.47. The summed E-state index contributed by atoms with van der Waals surface area (Å²) in [4.78, 5) is 14.5. The van der Waals surface area contributed by atoms with E-state index >= 15 is 0 Å². The highest BCUT2D eigenvalue weighted by atomic mass is 32.2. The molecule has 0 radical (unpaired) electrons. The third-order valence-electron chi connectivity index (χ3n) is 5.11. The Morgan fingerprint density at radius 1 is 1.27 bits per heavy atom. The Balaban J connectivity index is 1.72. The lowest BCUT2D eigenvalue weighted by Crippen LogP contribution is -2.32. The van der Waals surface area contributed by atoms with Gasteiger partial charge in [-0.1, -0.05) is 23.8 Å². The number of hydrogen-bond donors (Lipinski definition) is 1. The minimum atomic E-state index is -3.73. The molecule has 1 saturated heterocycles. The molecule has 162 valence electrons. The third kappa shape index (κ3) is 5.38. The zero-order chi connectivity index (χ0) is 21.7. The van der Waals surface area contributed by atoms with Crippen LogP contribution in [0.15, 0.2) is 47.4 Å². The van der Waals surface area contributed by atoms with Crippen molar-refractivity contribution < 1.29 is 22.7 Å². The van der Waals surface area contributed by atoms with Gasteiger partial charge in [0, 0.05) is 37.9 Å². The highest BCUT2D eigenvalue weighted by Crippen LogP contribution is 2.22. The summed E-state index contributed by atoms with van der Waals surface area (Å²) in [6.45, 7) is 3.21. The van der Waals surface area contributed by atoms with Crippen molar-refractivity contribution >= 4 is 15.9 Å². The smallest absolute Gasteiger partial charge is 0.253 e. The van der Waals surface area contributed by atoms with E-state index in [1.165, 1.54) is 12.1 Å².